The van der Waals surface area contributed by atoms with Gasteiger partial charge in [-0.05, 0) is 31.4 Å². The number of ether oxygens (including phenoxy) is 1. The summed E-state index contributed by atoms with van der Waals surface area (Å²) in [5.74, 6) is 0.637. The SMILES string of the molecule is COc1cccc2ccn(C(C)C)c(=O)c12. The highest BCUT2D eigenvalue weighted by Gasteiger charge is 2.09. The van der Waals surface area contributed by atoms with Gasteiger partial charge in [-0.25, -0.2) is 0 Å². The van der Waals surface area contributed by atoms with Crippen LogP contribution in [0, 0.1) is 0 Å². The van der Waals surface area contributed by atoms with Crippen molar-refractivity contribution < 1.29 is 4.74 Å². The second-order valence-electron chi connectivity index (χ2n) is 4.05. The Morgan fingerprint density at radius 3 is 2.62 bits per heavy atom. The number of fused-ring (bicyclic) bond motifs is 1. The van der Waals surface area contributed by atoms with Crippen LogP contribution >= 0.6 is 0 Å². The van der Waals surface area contributed by atoms with E-state index in [1.807, 2.05) is 44.3 Å². The van der Waals surface area contributed by atoms with Crippen LogP contribution in [0.25, 0.3) is 10.8 Å². The van der Waals surface area contributed by atoms with Gasteiger partial charge in [-0.2, -0.15) is 0 Å². The Kier molecular flexibility index (Phi) is 2.69. The van der Waals surface area contributed by atoms with Gasteiger partial charge in [-0.15, -0.1) is 0 Å². The van der Waals surface area contributed by atoms with Crippen molar-refractivity contribution in [1.82, 2.24) is 4.57 Å². The Labute approximate surface area is 94.3 Å². The quantitative estimate of drug-likeness (QED) is 0.774. The molecule has 0 aliphatic rings. The van der Waals surface area contributed by atoms with Crippen LogP contribution in [0.1, 0.15) is 19.9 Å². The molecule has 0 unspecified atom stereocenters. The van der Waals surface area contributed by atoms with Gasteiger partial charge in [0, 0.05) is 12.2 Å². The Bertz CT molecular complexity index is 570. The summed E-state index contributed by atoms with van der Waals surface area (Å²) in [5, 5.41) is 1.57. The summed E-state index contributed by atoms with van der Waals surface area (Å²) in [6.07, 6.45) is 1.83. The second-order valence-corrected chi connectivity index (χ2v) is 4.05. The van der Waals surface area contributed by atoms with Crippen LogP contribution in [-0.4, -0.2) is 11.7 Å². The van der Waals surface area contributed by atoms with Gasteiger partial charge in [0.1, 0.15) is 5.75 Å². The first-order valence-corrected chi connectivity index (χ1v) is 5.33. The van der Waals surface area contributed by atoms with E-state index in [2.05, 4.69) is 0 Å². The Balaban J connectivity index is 2.86. The average molecular weight is 217 g/mol. The van der Waals surface area contributed by atoms with E-state index in [-0.39, 0.29) is 11.6 Å². The number of nitrogens with zero attached hydrogens (tertiary/aromatic N) is 1. The van der Waals surface area contributed by atoms with Crippen LogP contribution in [0.3, 0.4) is 0 Å². The maximum absolute atomic E-state index is 12.2. The van der Waals surface area contributed by atoms with E-state index in [4.69, 9.17) is 4.74 Å². The number of benzene rings is 1. The van der Waals surface area contributed by atoms with Crippen molar-refractivity contribution in [2.24, 2.45) is 0 Å². The van der Waals surface area contributed by atoms with Crippen LogP contribution in [0.2, 0.25) is 0 Å². The monoisotopic (exact) mass is 217 g/mol. The lowest BCUT2D eigenvalue weighted by Crippen LogP contribution is -2.21. The van der Waals surface area contributed by atoms with E-state index < -0.39 is 0 Å². The molecule has 0 bridgehead atoms. The molecular formula is C13H15NO2. The Hall–Kier alpha value is -1.77. The van der Waals surface area contributed by atoms with Crippen molar-refractivity contribution in [3.05, 3.63) is 40.8 Å². The highest BCUT2D eigenvalue weighted by Crippen LogP contribution is 2.22. The van der Waals surface area contributed by atoms with E-state index in [0.29, 0.717) is 11.1 Å². The maximum atomic E-state index is 12.2. The molecule has 0 aliphatic carbocycles. The topological polar surface area (TPSA) is 31.2 Å². The molecule has 0 amide bonds. The molecule has 3 nitrogen and oxygen atoms in total. The Morgan fingerprint density at radius 2 is 2.00 bits per heavy atom. The molecule has 1 aromatic carbocycles. The summed E-state index contributed by atoms with van der Waals surface area (Å²) in [7, 11) is 1.58. The molecule has 0 aliphatic heterocycles. The lowest BCUT2D eigenvalue weighted by molar-refractivity contribution is 0.419. The van der Waals surface area contributed by atoms with E-state index in [0.717, 1.165) is 5.39 Å². The van der Waals surface area contributed by atoms with Gasteiger partial charge in [0.15, 0.2) is 0 Å². The minimum absolute atomic E-state index is 0.00458. The first-order valence-electron chi connectivity index (χ1n) is 5.33. The summed E-state index contributed by atoms with van der Waals surface area (Å²) >= 11 is 0. The number of pyridine rings is 1. The largest absolute Gasteiger partial charge is 0.496 e. The fraction of sp³-hybridized carbons (Fsp3) is 0.308. The number of rotatable bonds is 2. The third-order valence-corrected chi connectivity index (χ3v) is 2.70. The minimum Gasteiger partial charge on any atom is -0.496 e. The molecule has 0 saturated heterocycles. The molecule has 2 aromatic rings. The van der Waals surface area contributed by atoms with Crippen molar-refractivity contribution >= 4 is 10.8 Å². The summed E-state index contributed by atoms with van der Waals surface area (Å²) in [4.78, 5) is 12.2. The van der Waals surface area contributed by atoms with E-state index >= 15 is 0 Å². The van der Waals surface area contributed by atoms with Crippen molar-refractivity contribution in [1.29, 1.82) is 0 Å². The zero-order valence-electron chi connectivity index (χ0n) is 9.73. The molecule has 84 valence electrons. The van der Waals surface area contributed by atoms with Crippen LogP contribution in [-0.2, 0) is 0 Å². The summed E-state index contributed by atoms with van der Waals surface area (Å²) in [5.41, 5.74) is 0.00458. The fourth-order valence-corrected chi connectivity index (χ4v) is 1.85. The highest BCUT2D eigenvalue weighted by molar-refractivity contribution is 5.87. The number of hydrogen-bond donors (Lipinski definition) is 0. The molecule has 0 atom stereocenters. The van der Waals surface area contributed by atoms with Crippen LogP contribution < -0.4 is 10.3 Å². The molecule has 1 aromatic heterocycles. The molecule has 2 rings (SSSR count). The van der Waals surface area contributed by atoms with Crippen molar-refractivity contribution in [3.8, 4) is 5.75 Å². The molecule has 0 radical (unpaired) electrons. The van der Waals surface area contributed by atoms with Gasteiger partial charge in [0.25, 0.3) is 5.56 Å². The first-order chi connectivity index (χ1) is 7.65. The molecule has 3 heteroatoms. The van der Waals surface area contributed by atoms with Crippen molar-refractivity contribution in [3.63, 3.8) is 0 Å². The predicted octanol–water partition coefficient (Wildman–Crippen LogP) is 2.59. The van der Waals surface area contributed by atoms with E-state index in [1.165, 1.54) is 0 Å². The van der Waals surface area contributed by atoms with Gasteiger partial charge < -0.3 is 9.30 Å². The molecule has 0 spiro atoms. The van der Waals surface area contributed by atoms with Gasteiger partial charge in [-0.3, -0.25) is 4.79 Å². The maximum Gasteiger partial charge on any atom is 0.262 e. The smallest absolute Gasteiger partial charge is 0.262 e. The standard InChI is InChI=1S/C13H15NO2/c1-9(2)14-8-7-10-5-4-6-11(16-3)12(10)13(14)15/h4-9H,1-3H3. The summed E-state index contributed by atoms with van der Waals surface area (Å²) in [6.45, 7) is 3.98. The zero-order chi connectivity index (χ0) is 11.7. The first kappa shape index (κ1) is 10.7. The number of hydrogen-bond acceptors (Lipinski definition) is 2. The number of methoxy groups -OCH3 is 1. The second kappa shape index (κ2) is 4.00. The van der Waals surface area contributed by atoms with E-state index in [1.54, 1.807) is 11.7 Å². The van der Waals surface area contributed by atoms with Gasteiger partial charge >= 0.3 is 0 Å². The highest BCUT2D eigenvalue weighted by atomic mass is 16.5. The van der Waals surface area contributed by atoms with Gasteiger partial charge in [0.05, 0.1) is 12.5 Å². The lowest BCUT2D eigenvalue weighted by Gasteiger charge is -2.12. The molecule has 0 saturated carbocycles. The minimum atomic E-state index is 0.00458. The molecule has 1 heterocycles. The molecule has 0 fully saturated rings. The third kappa shape index (κ3) is 1.58. The van der Waals surface area contributed by atoms with Crippen molar-refractivity contribution in [2.75, 3.05) is 7.11 Å². The molecular weight excluding hydrogens is 202 g/mol. The molecule has 16 heavy (non-hydrogen) atoms. The third-order valence-electron chi connectivity index (χ3n) is 2.70. The Morgan fingerprint density at radius 1 is 1.25 bits per heavy atom. The van der Waals surface area contributed by atoms with E-state index in [9.17, 15) is 4.79 Å². The van der Waals surface area contributed by atoms with Crippen molar-refractivity contribution in [2.45, 2.75) is 19.9 Å². The summed E-state index contributed by atoms with van der Waals surface area (Å²) in [6, 6.07) is 7.72. The van der Waals surface area contributed by atoms with Crippen LogP contribution in [0.5, 0.6) is 5.75 Å². The van der Waals surface area contributed by atoms with Gasteiger partial charge in [-0.1, -0.05) is 12.1 Å². The normalized spacial score (nSPS) is 11.0. The summed E-state index contributed by atoms with van der Waals surface area (Å²) < 4.78 is 6.94. The fourth-order valence-electron chi connectivity index (χ4n) is 1.85. The predicted molar refractivity (Wildman–Crippen MR) is 65.1 cm³/mol. The molecule has 0 N–H and O–H groups in total. The van der Waals surface area contributed by atoms with Gasteiger partial charge in [0.2, 0.25) is 0 Å². The van der Waals surface area contributed by atoms with Crippen LogP contribution in [0.4, 0.5) is 0 Å². The lowest BCUT2D eigenvalue weighted by atomic mass is 10.1. The zero-order valence-corrected chi connectivity index (χ0v) is 9.73. The number of aromatic nitrogens is 1. The average Bonchev–Trinajstić information content (AvgIpc) is 2.28. The van der Waals surface area contributed by atoms with Crippen LogP contribution in [0.15, 0.2) is 35.3 Å².